The van der Waals surface area contributed by atoms with E-state index < -0.39 is 17.9 Å². The number of methoxy groups -OCH3 is 1. The highest BCUT2D eigenvalue weighted by Gasteiger charge is 2.35. The molecule has 2 heterocycles. The fourth-order valence-electron chi connectivity index (χ4n) is 3.88. The van der Waals surface area contributed by atoms with Crippen molar-refractivity contribution in [1.29, 1.82) is 0 Å². The number of para-hydroxylation sites is 1. The Labute approximate surface area is 207 Å². The Morgan fingerprint density at radius 3 is 2.50 bits per heavy atom. The lowest BCUT2D eigenvalue weighted by Gasteiger charge is -2.30. The number of carbonyl (C=O) groups is 3. The van der Waals surface area contributed by atoms with Crippen LogP contribution in [0.15, 0.2) is 65.1 Å². The maximum absolute atomic E-state index is 13.9. The van der Waals surface area contributed by atoms with E-state index in [2.05, 4.69) is 15.6 Å². The molecule has 0 aliphatic heterocycles. The summed E-state index contributed by atoms with van der Waals surface area (Å²) < 4.78 is 12.4. The monoisotopic (exact) mass is 489 g/mol. The lowest BCUT2D eigenvalue weighted by Crippen LogP contribution is -2.45. The first-order valence-electron chi connectivity index (χ1n) is 11.4. The zero-order valence-electron chi connectivity index (χ0n) is 20.3. The molecular weight excluding hydrogens is 462 g/mol. The van der Waals surface area contributed by atoms with Crippen LogP contribution in [-0.4, -0.2) is 52.9 Å². The Bertz CT molecular complexity index is 1370. The first-order valence-corrected chi connectivity index (χ1v) is 11.4. The van der Waals surface area contributed by atoms with Gasteiger partial charge in [-0.3, -0.25) is 19.3 Å². The summed E-state index contributed by atoms with van der Waals surface area (Å²) in [5.41, 5.74) is 2.25. The number of aromatic nitrogens is 3. The Kier molecular flexibility index (Phi) is 7.55. The minimum absolute atomic E-state index is 0.107. The van der Waals surface area contributed by atoms with Gasteiger partial charge in [-0.2, -0.15) is 0 Å². The van der Waals surface area contributed by atoms with Crippen LogP contribution in [0.3, 0.4) is 0 Å². The number of furan rings is 1. The van der Waals surface area contributed by atoms with Crippen LogP contribution in [-0.2, 0) is 20.9 Å². The van der Waals surface area contributed by atoms with Crippen LogP contribution < -0.4 is 10.2 Å². The predicted molar refractivity (Wildman–Crippen MR) is 133 cm³/mol. The molecule has 0 aliphatic carbocycles. The second-order valence-electron chi connectivity index (χ2n) is 8.24. The molecule has 0 fully saturated rings. The maximum Gasteiger partial charge on any atom is 0.251 e. The quantitative estimate of drug-likeness (QED) is 0.269. The lowest BCUT2D eigenvalue weighted by molar-refractivity contribution is -0.127. The largest absolute Gasteiger partial charge is 0.464 e. The van der Waals surface area contributed by atoms with E-state index >= 15 is 0 Å². The van der Waals surface area contributed by atoms with Crippen molar-refractivity contribution in [2.24, 2.45) is 0 Å². The van der Waals surface area contributed by atoms with Crippen molar-refractivity contribution in [1.82, 2.24) is 20.3 Å². The second kappa shape index (κ2) is 11.0. The summed E-state index contributed by atoms with van der Waals surface area (Å²) in [7, 11) is 1.54. The van der Waals surface area contributed by atoms with Gasteiger partial charge in [0.2, 0.25) is 5.91 Å². The number of Topliss-reactive ketones (excluding diaryl/α,β-unsaturated/α-hetero) is 1. The molecule has 0 saturated heterocycles. The number of benzene rings is 2. The number of anilines is 1. The molecule has 0 spiro atoms. The maximum atomic E-state index is 13.9. The summed E-state index contributed by atoms with van der Waals surface area (Å²) in [5.74, 6) is -0.0591. The van der Waals surface area contributed by atoms with Crippen LogP contribution in [0.1, 0.15) is 34.8 Å². The molecule has 36 heavy (non-hydrogen) atoms. The number of nitrogens with one attached hydrogen (secondary N) is 1. The zero-order chi connectivity index (χ0) is 25.7. The Morgan fingerprint density at radius 1 is 1.08 bits per heavy atom. The number of nitrogens with zero attached hydrogens (tertiary/aromatic N) is 4. The van der Waals surface area contributed by atoms with Crippen molar-refractivity contribution in [2.45, 2.75) is 26.4 Å². The molecule has 186 valence electrons. The molecule has 0 saturated carbocycles. The van der Waals surface area contributed by atoms with Gasteiger partial charge >= 0.3 is 0 Å². The summed E-state index contributed by atoms with van der Waals surface area (Å²) in [6, 6.07) is 16.1. The van der Waals surface area contributed by atoms with E-state index in [1.807, 2.05) is 18.2 Å². The molecule has 4 aromatic rings. The van der Waals surface area contributed by atoms with Crippen molar-refractivity contribution in [3.63, 3.8) is 0 Å². The fourth-order valence-corrected chi connectivity index (χ4v) is 3.88. The van der Waals surface area contributed by atoms with E-state index in [9.17, 15) is 14.4 Å². The number of hydrogen-bond donors (Lipinski definition) is 1. The van der Waals surface area contributed by atoms with Gasteiger partial charge < -0.3 is 14.5 Å². The van der Waals surface area contributed by atoms with E-state index in [1.165, 1.54) is 23.6 Å². The summed E-state index contributed by atoms with van der Waals surface area (Å²) in [6.07, 6.45) is 0. The molecule has 2 aromatic heterocycles. The minimum atomic E-state index is -1.11. The molecule has 0 unspecified atom stereocenters. The summed E-state index contributed by atoms with van der Waals surface area (Å²) in [4.78, 5) is 40.5. The van der Waals surface area contributed by atoms with Crippen molar-refractivity contribution in [2.75, 3.05) is 25.2 Å². The van der Waals surface area contributed by atoms with Crippen molar-refractivity contribution < 1.29 is 23.5 Å². The van der Waals surface area contributed by atoms with Gasteiger partial charge in [-0.1, -0.05) is 17.3 Å². The van der Waals surface area contributed by atoms with Gasteiger partial charge in [0.1, 0.15) is 23.6 Å². The van der Waals surface area contributed by atoms with E-state index in [0.29, 0.717) is 40.4 Å². The van der Waals surface area contributed by atoms with Gasteiger partial charge in [0.15, 0.2) is 11.8 Å². The van der Waals surface area contributed by atoms with Crippen LogP contribution in [0.4, 0.5) is 5.69 Å². The Hall–Kier alpha value is -4.31. The molecule has 2 aromatic carbocycles. The number of ether oxygens (including phenoxy) is 1. The molecule has 0 bridgehead atoms. The van der Waals surface area contributed by atoms with Gasteiger partial charge in [0.25, 0.3) is 5.91 Å². The highest BCUT2D eigenvalue weighted by atomic mass is 16.5. The third-order valence-electron chi connectivity index (χ3n) is 5.67. The third-order valence-corrected chi connectivity index (χ3v) is 5.67. The van der Waals surface area contributed by atoms with Crippen LogP contribution in [0.5, 0.6) is 0 Å². The molecule has 10 heteroatoms. The average molecular weight is 490 g/mol. The number of amides is 2. The van der Waals surface area contributed by atoms with Gasteiger partial charge in [0, 0.05) is 24.9 Å². The molecule has 2 amide bonds. The van der Waals surface area contributed by atoms with E-state index in [-0.39, 0.29) is 18.9 Å². The first-order chi connectivity index (χ1) is 17.4. The second-order valence-corrected chi connectivity index (χ2v) is 8.24. The summed E-state index contributed by atoms with van der Waals surface area (Å²) >= 11 is 0. The highest BCUT2D eigenvalue weighted by molar-refractivity contribution is 6.02. The van der Waals surface area contributed by atoms with Crippen LogP contribution in [0, 0.1) is 6.92 Å². The summed E-state index contributed by atoms with van der Waals surface area (Å²) in [6.45, 7) is 3.62. The average Bonchev–Trinajstić information content (AvgIpc) is 3.48. The van der Waals surface area contributed by atoms with E-state index in [0.717, 1.165) is 0 Å². The molecule has 10 nitrogen and oxygen atoms in total. The lowest BCUT2D eigenvalue weighted by atomic mass is 10.1. The number of hydrogen-bond acceptors (Lipinski definition) is 7. The molecule has 4 rings (SSSR count). The number of ketones is 1. The molecule has 1 N–H and O–H groups in total. The third kappa shape index (κ3) is 5.33. The normalized spacial score (nSPS) is 11.9. The molecular formula is C26H27N5O5. The van der Waals surface area contributed by atoms with Gasteiger partial charge in [0.05, 0.1) is 12.1 Å². The molecule has 0 radical (unpaired) electrons. The number of carbonyl (C=O) groups excluding carboxylic acids is 3. The number of rotatable bonds is 10. The molecule has 1 atom stereocenters. The summed E-state index contributed by atoms with van der Waals surface area (Å²) in [5, 5.41) is 11.1. The smallest absolute Gasteiger partial charge is 0.251 e. The first kappa shape index (κ1) is 24.8. The van der Waals surface area contributed by atoms with Gasteiger partial charge in [-0.15, -0.1) is 5.10 Å². The Morgan fingerprint density at radius 2 is 1.83 bits per heavy atom. The van der Waals surface area contributed by atoms with Crippen LogP contribution >= 0.6 is 0 Å². The van der Waals surface area contributed by atoms with E-state index in [1.54, 1.807) is 49.4 Å². The molecule has 0 aliphatic rings. The van der Waals surface area contributed by atoms with Crippen molar-refractivity contribution >= 4 is 34.3 Å². The SMILES string of the molecule is COCCNC(=O)[C@@H](c1ccc(C)o1)N(C(=O)Cn1nnc2ccccc21)c1ccc(C(C)=O)cc1. The number of aryl methyl sites for hydroxylation is 1. The van der Waals surface area contributed by atoms with Crippen LogP contribution in [0.2, 0.25) is 0 Å². The van der Waals surface area contributed by atoms with Crippen molar-refractivity contribution in [3.8, 4) is 0 Å². The van der Waals surface area contributed by atoms with E-state index in [4.69, 9.17) is 9.15 Å². The highest BCUT2D eigenvalue weighted by Crippen LogP contribution is 2.30. The zero-order valence-corrected chi connectivity index (χ0v) is 20.3. The fraction of sp³-hybridized carbons (Fsp3) is 0.269. The van der Waals surface area contributed by atoms with Crippen molar-refractivity contribution in [3.05, 3.63) is 77.7 Å². The van der Waals surface area contributed by atoms with Crippen LogP contribution in [0.25, 0.3) is 11.0 Å². The van der Waals surface area contributed by atoms with Gasteiger partial charge in [-0.25, -0.2) is 4.68 Å². The standard InChI is InChI=1S/C26H27N5O5/c1-17-8-13-23(36-17)25(26(34)27-14-15-35-3)31(20-11-9-19(10-12-20)18(2)32)24(33)16-30-22-7-5-4-6-21(22)28-29-30/h4-13,25H,14-16H2,1-3H3,(H,27,34)/t25-/m1/s1. The number of fused-ring (bicyclic) bond motifs is 1. The topological polar surface area (TPSA) is 120 Å². The minimum Gasteiger partial charge on any atom is -0.464 e. The Balaban J connectivity index is 1.77. The van der Waals surface area contributed by atoms with Gasteiger partial charge in [-0.05, 0) is 62.4 Å². The predicted octanol–water partition coefficient (Wildman–Crippen LogP) is 3.07.